The lowest BCUT2D eigenvalue weighted by Gasteiger charge is -2.05. The van der Waals surface area contributed by atoms with E-state index in [4.69, 9.17) is 0 Å². The summed E-state index contributed by atoms with van der Waals surface area (Å²) in [6, 6.07) is 0. The lowest BCUT2D eigenvalue weighted by molar-refractivity contribution is -0.110. The van der Waals surface area contributed by atoms with E-state index < -0.39 is 0 Å². The molecule has 86 valence electrons. The van der Waals surface area contributed by atoms with E-state index in [1.54, 1.807) is 0 Å². The van der Waals surface area contributed by atoms with Crippen LogP contribution in [0.15, 0.2) is 10.4 Å². The molecule has 0 radical (unpaired) electrons. The number of rotatable bonds is 2. The molecule has 0 spiro atoms. The number of nitrogens with one attached hydrogen (secondary N) is 2. The largest absolute Gasteiger partial charge is 0.366 e. The van der Waals surface area contributed by atoms with Crippen LogP contribution in [0.2, 0.25) is 0 Å². The van der Waals surface area contributed by atoms with Crippen LogP contribution in [0.5, 0.6) is 0 Å². The Hall–Kier alpha value is -1.43. The first-order chi connectivity index (χ1) is 7.75. The van der Waals surface area contributed by atoms with Crippen molar-refractivity contribution < 1.29 is 4.79 Å². The number of carbonyl (C=O) groups excluding carboxylic acids is 1. The molecule has 0 aromatic carbocycles. The predicted octanol–water partition coefficient (Wildman–Crippen LogP) is 1.17. The van der Waals surface area contributed by atoms with Gasteiger partial charge in [0.15, 0.2) is 11.0 Å². The molecule has 2 rings (SSSR count). The number of carbonyl (C=O) groups is 1. The Morgan fingerprint density at radius 2 is 2.44 bits per heavy atom. The van der Waals surface area contributed by atoms with Crippen molar-refractivity contribution in [2.24, 2.45) is 4.99 Å². The molecule has 2 N–H and O–H groups in total. The first-order valence-electron chi connectivity index (χ1n) is 5.27. The average molecular weight is 238 g/mol. The second-order valence-electron chi connectivity index (χ2n) is 3.61. The van der Waals surface area contributed by atoms with Crippen LogP contribution < -0.4 is 10.6 Å². The lowest BCUT2D eigenvalue weighted by Crippen LogP contribution is -2.35. The van der Waals surface area contributed by atoms with Crippen molar-refractivity contribution >= 4 is 28.2 Å². The Morgan fingerprint density at radius 3 is 3.19 bits per heavy atom. The first-order valence-corrected chi connectivity index (χ1v) is 6.15. The van der Waals surface area contributed by atoms with Crippen molar-refractivity contribution in [3.05, 3.63) is 11.1 Å². The van der Waals surface area contributed by atoms with E-state index in [1.807, 2.05) is 12.3 Å². The summed E-state index contributed by atoms with van der Waals surface area (Å²) in [6.07, 6.45) is 2.08. The number of amidine groups is 1. The number of amides is 1. The lowest BCUT2D eigenvalue weighted by atomic mass is 10.3. The highest BCUT2D eigenvalue weighted by Crippen LogP contribution is 2.14. The fourth-order valence-corrected chi connectivity index (χ4v) is 2.09. The Morgan fingerprint density at radius 1 is 1.56 bits per heavy atom. The quantitative estimate of drug-likeness (QED) is 0.813. The van der Waals surface area contributed by atoms with Crippen molar-refractivity contribution in [3.8, 4) is 0 Å². The summed E-state index contributed by atoms with van der Waals surface area (Å²) < 4.78 is 0. The highest BCUT2D eigenvalue weighted by atomic mass is 32.1. The maximum atomic E-state index is 11.8. The maximum absolute atomic E-state index is 11.8. The molecular weight excluding hydrogens is 224 g/mol. The van der Waals surface area contributed by atoms with Gasteiger partial charge < -0.3 is 5.32 Å². The van der Waals surface area contributed by atoms with Crippen LogP contribution in [0, 0.1) is 6.92 Å². The van der Waals surface area contributed by atoms with E-state index in [2.05, 4.69) is 20.6 Å². The van der Waals surface area contributed by atoms with Crippen LogP contribution in [-0.2, 0) is 4.79 Å². The smallest absolute Gasteiger partial charge is 0.292 e. The van der Waals surface area contributed by atoms with Crippen molar-refractivity contribution in [1.29, 1.82) is 0 Å². The van der Waals surface area contributed by atoms with E-state index in [0.29, 0.717) is 17.5 Å². The zero-order valence-electron chi connectivity index (χ0n) is 9.12. The van der Waals surface area contributed by atoms with E-state index in [-0.39, 0.29) is 5.91 Å². The fraction of sp³-hybridized carbons (Fsp3) is 0.500. The SMILES string of the molecule is Cc1csc(NC(=O)C2=NCCCCN2)n1. The zero-order valence-corrected chi connectivity index (χ0v) is 9.93. The van der Waals surface area contributed by atoms with Crippen LogP contribution in [0.4, 0.5) is 5.13 Å². The number of aliphatic imine (C=N–C) groups is 1. The monoisotopic (exact) mass is 238 g/mol. The molecule has 0 atom stereocenters. The molecule has 16 heavy (non-hydrogen) atoms. The van der Waals surface area contributed by atoms with Gasteiger partial charge in [-0.2, -0.15) is 0 Å². The number of hydrogen-bond acceptors (Lipinski definition) is 5. The van der Waals surface area contributed by atoms with Crippen LogP contribution in [0.25, 0.3) is 0 Å². The molecule has 1 aromatic heterocycles. The van der Waals surface area contributed by atoms with Gasteiger partial charge in [-0.25, -0.2) is 4.98 Å². The van der Waals surface area contributed by atoms with Crippen LogP contribution >= 0.6 is 11.3 Å². The van der Waals surface area contributed by atoms with Gasteiger partial charge in [0, 0.05) is 18.5 Å². The minimum Gasteiger partial charge on any atom is -0.366 e. The minimum absolute atomic E-state index is 0.198. The third-order valence-corrected chi connectivity index (χ3v) is 3.08. The number of hydrogen-bond donors (Lipinski definition) is 2. The molecule has 0 aliphatic carbocycles. The predicted molar refractivity (Wildman–Crippen MR) is 65.0 cm³/mol. The van der Waals surface area contributed by atoms with E-state index >= 15 is 0 Å². The molecule has 0 bridgehead atoms. The van der Waals surface area contributed by atoms with Gasteiger partial charge in [0.2, 0.25) is 0 Å². The summed E-state index contributed by atoms with van der Waals surface area (Å²) in [4.78, 5) is 20.2. The summed E-state index contributed by atoms with van der Waals surface area (Å²) in [6.45, 7) is 3.42. The molecule has 0 saturated carbocycles. The summed E-state index contributed by atoms with van der Waals surface area (Å²) >= 11 is 1.42. The van der Waals surface area contributed by atoms with Crippen molar-refractivity contribution in [3.63, 3.8) is 0 Å². The van der Waals surface area contributed by atoms with Crippen molar-refractivity contribution in [2.45, 2.75) is 19.8 Å². The van der Waals surface area contributed by atoms with Crippen molar-refractivity contribution in [1.82, 2.24) is 10.3 Å². The summed E-state index contributed by atoms with van der Waals surface area (Å²) in [5, 5.41) is 8.28. The van der Waals surface area contributed by atoms with E-state index in [0.717, 1.165) is 25.1 Å². The molecule has 2 heterocycles. The first kappa shape index (κ1) is 11.1. The number of anilines is 1. The Kier molecular flexibility index (Phi) is 3.51. The number of aromatic nitrogens is 1. The molecule has 0 saturated heterocycles. The van der Waals surface area contributed by atoms with Crippen LogP contribution in [0.1, 0.15) is 18.5 Å². The number of aryl methyl sites for hydroxylation is 1. The molecule has 6 heteroatoms. The van der Waals surface area contributed by atoms with E-state index in [9.17, 15) is 4.79 Å². The van der Waals surface area contributed by atoms with Crippen LogP contribution in [-0.4, -0.2) is 29.8 Å². The van der Waals surface area contributed by atoms with Gasteiger partial charge in [-0.05, 0) is 19.8 Å². The highest BCUT2D eigenvalue weighted by molar-refractivity contribution is 7.14. The second-order valence-corrected chi connectivity index (χ2v) is 4.47. The minimum atomic E-state index is -0.198. The van der Waals surface area contributed by atoms with Gasteiger partial charge >= 0.3 is 0 Å². The van der Waals surface area contributed by atoms with Crippen molar-refractivity contribution in [2.75, 3.05) is 18.4 Å². The maximum Gasteiger partial charge on any atom is 0.292 e. The Labute approximate surface area is 98.0 Å². The molecule has 0 unspecified atom stereocenters. The highest BCUT2D eigenvalue weighted by Gasteiger charge is 2.14. The van der Waals surface area contributed by atoms with Gasteiger partial charge in [-0.15, -0.1) is 11.3 Å². The summed E-state index contributed by atoms with van der Waals surface area (Å²) in [7, 11) is 0. The molecule has 1 aromatic rings. The van der Waals surface area contributed by atoms with Gasteiger partial charge in [0.05, 0.1) is 5.69 Å². The third kappa shape index (κ3) is 2.79. The third-order valence-electron chi connectivity index (χ3n) is 2.20. The molecule has 1 aliphatic heterocycles. The molecule has 1 aliphatic rings. The summed E-state index contributed by atoms with van der Waals surface area (Å²) in [5.41, 5.74) is 0.913. The van der Waals surface area contributed by atoms with Gasteiger partial charge in [-0.3, -0.25) is 15.1 Å². The van der Waals surface area contributed by atoms with Crippen LogP contribution in [0.3, 0.4) is 0 Å². The summed E-state index contributed by atoms with van der Waals surface area (Å²) in [5.74, 6) is 0.224. The topological polar surface area (TPSA) is 66.4 Å². The molecular formula is C10H14N4OS. The second kappa shape index (κ2) is 5.07. The zero-order chi connectivity index (χ0) is 11.4. The molecule has 5 nitrogen and oxygen atoms in total. The number of thiazole rings is 1. The number of nitrogens with zero attached hydrogens (tertiary/aromatic N) is 2. The Balaban J connectivity index is 1.99. The molecule has 0 fully saturated rings. The standard InChI is InChI=1S/C10H14N4OS/c1-7-6-16-10(13-7)14-9(15)8-11-4-2-3-5-12-8/h6H,2-5H2,1H3,(H,11,12)(H,13,14,15). The van der Waals surface area contributed by atoms with E-state index in [1.165, 1.54) is 11.3 Å². The average Bonchev–Trinajstić information content (AvgIpc) is 2.56. The Bertz CT molecular complexity index is 413. The van der Waals surface area contributed by atoms with Gasteiger partial charge in [0.1, 0.15) is 0 Å². The fourth-order valence-electron chi connectivity index (χ4n) is 1.41. The van der Waals surface area contributed by atoms with Gasteiger partial charge in [0.25, 0.3) is 5.91 Å². The van der Waals surface area contributed by atoms with Gasteiger partial charge in [-0.1, -0.05) is 0 Å². The molecule has 1 amide bonds. The normalized spacial score (nSPS) is 15.9.